The van der Waals surface area contributed by atoms with Crippen LogP contribution in [0.3, 0.4) is 0 Å². The molecule has 0 N–H and O–H groups in total. The molecule has 130 valence electrons. The molecule has 0 spiro atoms. The van der Waals surface area contributed by atoms with Gasteiger partial charge in [0.05, 0.1) is 19.3 Å². The van der Waals surface area contributed by atoms with Crippen molar-refractivity contribution in [2.24, 2.45) is 4.99 Å². The molecule has 0 bridgehead atoms. The van der Waals surface area contributed by atoms with E-state index >= 15 is 0 Å². The molecule has 0 aliphatic heterocycles. The van der Waals surface area contributed by atoms with Gasteiger partial charge in [-0.3, -0.25) is 8.75 Å². The van der Waals surface area contributed by atoms with E-state index in [1.165, 1.54) is 18.6 Å². The van der Waals surface area contributed by atoms with Crippen molar-refractivity contribution in [3.63, 3.8) is 0 Å². The van der Waals surface area contributed by atoms with E-state index in [-0.39, 0.29) is 5.54 Å². The molecule has 0 saturated heterocycles. The molecule has 0 aliphatic carbocycles. The number of benzene rings is 1. The maximum atomic E-state index is 12.6. The van der Waals surface area contributed by atoms with Gasteiger partial charge in [-0.2, -0.15) is 4.99 Å². The minimum atomic E-state index is -0.394. The molecule has 0 saturated carbocycles. The fourth-order valence-corrected chi connectivity index (χ4v) is 3.22. The van der Waals surface area contributed by atoms with Gasteiger partial charge in [-0.15, -0.1) is 0 Å². The molecular weight excluding hydrogens is 348 g/mol. The summed E-state index contributed by atoms with van der Waals surface area (Å²) < 4.78 is 13.1. The number of carbonyl (C=O) groups excluding carboxylic acids is 1. The Morgan fingerprint density at radius 2 is 2.04 bits per heavy atom. The van der Waals surface area contributed by atoms with Crippen molar-refractivity contribution >= 4 is 29.0 Å². The Kier molecular flexibility index (Phi) is 5.85. The third kappa shape index (κ3) is 4.26. The maximum absolute atomic E-state index is 12.6. The number of carbonyl (C=O) groups is 1. The molecular formula is C17H21ClN2O3S. The zero-order valence-corrected chi connectivity index (χ0v) is 16.0. The van der Waals surface area contributed by atoms with Gasteiger partial charge < -0.3 is 9.47 Å². The highest BCUT2D eigenvalue weighted by atomic mass is 35.5. The second-order valence-electron chi connectivity index (χ2n) is 6.24. The van der Waals surface area contributed by atoms with Crippen LogP contribution in [-0.2, 0) is 16.9 Å². The zero-order chi connectivity index (χ0) is 17.9. The van der Waals surface area contributed by atoms with Gasteiger partial charge in [0.2, 0.25) is 0 Å². The van der Waals surface area contributed by atoms with Gasteiger partial charge in [0.1, 0.15) is 10.4 Å². The number of hydrogen-bond acceptors (Lipinski definition) is 4. The van der Waals surface area contributed by atoms with Gasteiger partial charge in [-0.05, 0) is 50.5 Å². The average molecular weight is 369 g/mol. The number of ether oxygens (including phenoxy) is 2. The third-order valence-corrected chi connectivity index (χ3v) is 4.90. The number of nitrogens with zero attached hydrogens (tertiary/aromatic N) is 2. The largest absolute Gasteiger partial charge is 0.496 e. The van der Waals surface area contributed by atoms with Crippen LogP contribution >= 0.6 is 23.1 Å². The van der Waals surface area contributed by atoms with Crippen LogP contribution in [0.1, 0.15) is 36.7 Å². The zero-order valence-electron chi connectivity index (χ0n) is 14.4. The summed E-state index contributed by atoms with van der Waals surface area (Å²) in [5.41, 5.74) is 1.11. The number of methoxy groups -OCH3 is 2. The minimum absolute atomic E-state index is 0.0995. The standard InChI is InChI=1S/C17H21ClN2O3S/c1-17(2,3)20-9-11(10-22-4)16(24-20)19-15(21)13-8-12(18)6-7-14(13)23-5/h6-9H,10H2,1-5H3. The van der Waals surface area contributed by atoms with Crippen molar-refractivity contribution in [2.75, 3.05) is 14.2 Å². The Labute approximate surface area is 150 Å². The Morgan fingerprint density at radius 1 is 1.33 bits per heavy atom. The number of aromatic nitrogens is 1. The molecule has 2 aromatic rings. The van der Waals surface area contributed by atoms with E-state index in [9.17, 15) is 4.79 Å². The van der Waals surface area contributed by atoms with Crippen molar-refractivity contribution < 1.29 is 14.3 Å². The minimum Gasteiger partial charge on any atom is -0.496 e. The lowest BCUT2D eigenvalue weighted by molar-refractivity contribution is 0.0995. The molecule has 1 aromatic carbocycles. The molecule has 0 unspecified atom stereocenters. The molecule has 0 aliphatic rings. The van der Waals surface area contributed by atoms with Crippen LogP contribution in [0.15, 0.2) is 29.4 Å². The highest BCUT2D eigenvalue weighted by Crippen LogP contribution is 2.23. The molecule has 1 amide bonds. The van der Waals surface area contributed by atoms with E-state index in [1.807, 2.05) is 6.20 Å². The Balaban J connectivity index is 2.52. The first-order valence-corrected chi connectivity index (χ1v) is 8.55. The van der Waals surface area contributed by atoms with Gasteiger partial charge in [0.15, 0.2) is 0 Å². The van der Waals surface area contributed by atoms with E-state index < -0.39 is 5.91 Å². The Hall–Kier alpha value is -1.63. The first-order chi connectivity index (χ1) is 11.3. The predicted molar refractivity (Wildman–Crippen MR) is 95.9 cm³/mol. The smallest absolute Gasteiger partial charge is 0.282 e. The van der Waals surface area contributed by atoms with E-state index in [1.54, 1.807) is 25.3 Å². The van der Waals surface area contributed by atoms with Crippen LogP contribution < -0.4 is 9.41 Å². The summed E-state index contributed by atoms with van der Waals surface area (Å²) in [5.74, 6) is 0.0521. The summed E-state index contributed by atoms with van der Waals surface area (Å²) in [4.78, 5) is 16.9. The third-order valence-electron chi connectivity index (χ3n) is 3.29. The Morgan fingerprint density at radius 3 is 2.62 bits per heavy atom. The SMILES string of the molecule is COCc1cn(C(C)(C)C)sc1=NC(=O)c1cc(Cl)ccc1OC. The van der Waals surface area contributed by atoms with Crippen molar-refractivity contribution in [2.45, 2.75) is 32.9 Å². The summed E-state index contributed by atoms with van der Waals surface area (Å²) in [7, 11) is 3.12. The summed E-state index contributed by atoms with van der Waals surface area (Å²) in [6, 6.07) is 4.89. The number of amides is 1. The normalized spacial score (nSPS) is 12.5. The molecule has 0 atom stereocenters. The van der Waals surface area contributed by atoms with Gasteiger partial charge in [0, 0.05) is 29.4 Å². The van der Waals surface area contributed by atoms with Crippen molar-refractivity contribution in [1.82, 2.24) is 3.96 Å². The molecule has 2 rings (SSSR count). The quantitative estimate of drug-likeness (QED) is 0.823. The van der Waals surface area contributed by atoms with Crippen LogP contribution in [0.2, 0.25) is 5.02 Å². The first kappa shape index (κ1) is 18.7. The Bertz CT molecular complexity index is 803. The van der Waals surface area contributed by atoms with Crippen LogP contribution in [0.25, 0.3) is 0 Å². The van der Waals surface area contributed by atoms with Crippen LogP contribution in [-0.4, -0.2) is 24.1 Å². The van der Waals surface area contributed by atoms with Gasteiger partial charge in [-0.25, -0.2) is 0 Å². The monoisotopic (exact) mass is 368 g/mol. The van der Waals surface area contributed by atoms with Crippen LogP contribution in [0.5, 0.6) is 5.75 Å². The lowest BCUT2D eigenvalue weighted by atomic mass is 10.1. The lowest BCUT2D eigenvalue weighted by Crippen LogP contribution is -2.18. The average Bonchev–Trinajstić information content (AvgIpc) is 2.90. The lowest BCUT2D eigenvalue weighted by Gasteiger charge is -2.19. The van der Waals surface area contributed by atoms with E-state index in [2.05, 4.69) is 29.7 Å². The topological polar surface area (TPSA) is 52.8 Å². The summed E-state index contributed by atoms with van der Waals surface area (Å²) in [5, 5.41) is 0.461. The summed E-state index contributed by atoms with van der Waals surface area (Å²) in [6.45, 7) is 6.65. The fourth-order valence-electron chi connectivity index (χ4n) is 2.05. The highest BCUT2D eigenvalue weighted by molar-refractivity contribution is 7.04. The van der Waals surface area contributed by atoms with E-state index in [4.69, 9.17) is 21.1 Å². The second-order valence-corrected chi connectivity index (χ2v) is 7.64. The van der Waals surface area contributed by atoms with E-state index in [0.29, 0.717) is 27.6 Å². The van der Waals surface area contributed by atoms with Crippen LogP contribution in [0.4, 0.5) is 0 Å². The van der Waals surface area contributed by atoms with Gasteiger partial charge in [-0.1, -0.05) is 11.6 Å². The molecule has 24 heavy (non-hydrogen) atoms. The highest BCUT2D eigenvalue weighted by Gasteiger charge is 2.17. The number of rotatable bonds is 4. The summed E-state index contributed by atoms with van der Waals surface area (Å²) >= 11 is 7.42. The van der Waals surface area contributed by atoms with Gasteiger partial charge in [0.25, 0.3) is 5.91 Å². The molecule has 7 heteroatoms. The summed E-state index contributed by atoms with van der Waals surface area (Å²) in [6.07, 6.45) is 1.97. The van der Waals surface area contributed by atoms with Crippen LogP contribution in [0, 0.1) is 0 Å². The number of hydrogen-bond donors (Lipinski definition) is 0. The molecule has 1 aromatic heterocycles. The van der Waals surface area contributed by atoms with Gasteiger partial charge >= 0.3 is 0 Å². The van der Waals surface area contributed by atoms with Crippen molar-refractivity contribution in [1.29, 1.82) is 0 Å². The molecule has 5 nitrogen and oxygen atoms in total. The molecule has 0 radical (unpaired) electrons. The molecule has 0 fully saturated rings. The van der Waals surface area contributed by atoms with E-state index in [0.717, 1.165) is 5.56 Å². The first-order valence-electron chi connectivity index (χ1n) is 7.40. The predicted octanol–water partition coefficient (Wildman–Crippen LogP) is 3.85. The second kappa shape index (κ2) is 7.51. The maximum Gasteiger partial charge on any atom is 0.282 e. The van der Waals surface area contributed by atoms with Crippen molar-refractivity contribution in [3.05, 3.63) is 45.2 Å². The van der Waals surface area contributed by atoms with Crippen molar-refractivity contribution in [3.8, 4) is 5.75 Å². The number of halogens is 1. The fraction of sp³-hybridized carbons (Fsp3) is 0.412. The molecule has 1 heterocycles.